The summed E-state index contributed by atoms with van der Waals surface area (Å²) < 4.78 is 38.5. The molecule has 9 heteroatoms. The van der Waals surface area contributed by atoms with Crippen LogP contribution in [0.3, 0.4) is 0 Å². The minimum absolute atomic E-state index is 0.0597. The van der Waals surface area contributed by atoms with Crippen LogP contribution in [0.4, 0.5) is 13.2 Å². The second kappa shape index (κ2) is 5.93. The summed E-state index contributed by atoms with van der Waals surface area (Å²) in [5.74, 6) is -2.52. The summed E-state index contributed by atoms with van der Waals surface area (Å²) in [5.41, 5.74) is 0.410. The maximum Gasteiger partial charge on any atom is 0.406 e. The standard InChI is InChI=1S/C11H14F3N3O3/c1-3-17-8(4-7(2)15-17)10(20)16(5-9(18)19)6-11(12,13)14/h4H,3,5-6H2,1-2H3,(H,18,19). The predicted molar refractivity (Wildman–Crippen MR) is 62.2 cm³/mol. The minimum Gasteiger partial charge on any atom is -0.480 e. The van der Waals surface area contributed by atoms with Gasteiger partial charge in [-0.2, -0.15) is 18.3 Å². The van der Waals surface area contributed by atoms with Gasteiger partial charge in [-0.25, -0.2) is 0 Å². The molecule has 0 aromatic carbocycles. The van der Waals surface area contributed by atoms with E-state index in [4.69, 9.17) is 5.11 Å². The number of aromatic nitrogens is 2. The number of carboxylic acid groups (broad SMARTS) is 1. The Labute approximate surface area is 112 Å². The highest BCUT2D eigenvalue weighted by molar-refractivity contribution is 5.94. The van der Waals surface area contributed by atoms with E-state index in [9.17, 15) is 22.8 Å². The van der Waals surface area contributed by atoms with Crippen LogP contribution in [0, 0.1) is 6.92 Å². The van der Waals surface area contributed by atoms with Crippen molar-refractivity contribution in [3.05, 3.63) is 17.5 Å². The first-order chi connectivity index (χ1) is 9.14. The van der Waals surface area contributed by atoms with E-state index in [0.717, 1.165) is 0 Å². The molecule has 1 aromatic rings. The highest BCUT2D eigenvalue weighted by Gasteiger charge is 2.35. The van der Waals surface area contributed by atoms with Crippen molar-refractivity contribution < 1.29 is 27.9 Å². The highest BCUT2D eigenvalue weighted by Crippen LogP contribution is 2.18. The molecule has 0 bridgehead atoms. The van der Waals surface area contributed by atoms with Crippen molar-refractivity contribution in [2.75, 3.05) is 13.1 Å². The number of aryl methyl sites for hydroxylation is 2. The first-order valence-corrected chi connectivity index (χ1v) is 5.76. The summed E-state index contributed by atoms with van der Waals surface area (Å²) in [4.78, 5) is 22.9. The van der Waals surface area contributed by atoms with Crippen molar-refractivity contribution in [3.8, 4) is 0 Å². The number of halogens is 3. The number of carbonyl (C=O) groups excluding carboxylic acids is 1. The summed E-state index contributed by atoms with van der Waals surface area (Å²) in [6.45, 7) is 0.920. The molecule has 0 saturated carbocycles. The molecule has 0 aliphatic heterocycles. The van der Waals surface area contributed by atoms with E-state index in [0.29, 0.717) is 12.2 Å². The van der Waals surface area contributed by atoms with Crippen LogP contribution in [0.15, 0.2) is 6.07 Å². The van der Waals surface area contributed by atoms with E-state index in [1.165, 1.54) is 10.7 Å². The lowest BCUT2D eigenvalue weighted by Crippen LogP contribution is -2.42. The molecule has 0 saturated heterocycles. The number of rotatable bonds is 5. The molecule has 0 fully saturated rings. The zero-order chi connectivity index (χ0) is 15.5. The van der Waals surface area contributed by atoms with Gasteiger partial charge in [-0.05, 0) is 19.9 Å². The summed E-state index contributed by atoms with van der Waals surface area (Å²) in [6.07, 6.45) is -4.67. The maximum absolute atomic E-state index is 12.4. The molecule has 0 aliphatic carbocycles. The third kappa shape index (κ3) is 4.25. The Morgan fingerprint density at radius 2 is 2.05 bits per heavy atom. The smallest absolute Gasteiger partial charge is 0.406 e. The summed E-state index contributed by atoms with van der Waals surface area (Å²) >= 11 is 0. The highest BCUT2D eigenvalue weighted by atomic mass is 19.4. The number of alkyl halides is 3. The van der Waals surface area contributed by atoms with Crippen LogP contribution in [0.2, 0.25) is 0 Å². The number of nitrogens with zero attached hydrogens (tertiary/aromatic N) is 3. The fraction of sp³-hybridized carbons (Fsp3) is 0.545. The fourth-order valence-electron chi connectivity index (χ4n) is 1.70. The molecule has 1 N–H and O–H groups in total. The normalized spacial score (nSPS) is 11.4. The Balaban J connectivity index is 3.05. The molecule has 0 unspecified atom stereocenters. The Hall–Kier alpha value is -2.06. The van der Waals surface area contributed by atoms with Crippen molar-refractivity contribution in [1.82, 2.24) is 14.7 Å². The van der Waals surface area contributed by atoms with Gasteiger partial charge in [0.05, 0.1) is 5.69 Å². The van der Waals surface area contributed by atoms with E-state index >= 15 is 0 Å². The molecule has 112 valence electrons. The van der Waals surface area contributed by atoms with Gasteiger partial charge in [-0.1, -0.05) is 0 Å². The topological polar surface area (TPSA) is 75.4 Å². The zero-order valence-electron chi connectivity index (χ0n) is 10.9. The van der Waals surface area contributed by atoms with Crippen LogP contribution < -0.4 is 0 Å². The van der Waals surface area contributed by atoms with E-state index in [1.54, 1.807) is 13.8 Å². The van der Waals surface area contributed by atoms with Crippen LogP contribution in [-0.4, -0.2) is 50.9 Å². The number of amides is 1. The second-order valence-electron chi connectivity index (χ2n) is 4.16. The van der Waals surface area contributed by atoms with Crippen molar-refractivity contribution in [1.29, 1.82) is 0 Å². The van der Waals surface area contributed by atoms with Crippen molar-refractivity contribution >= 4 is 11.9 Å². The SMILES string of the molecule is CCn1nc(C)cc1C(=O)N(CC(=O)O)CC(F)(F)F. The number of carbonyl (C=O) groups is 2. The lowest BCUT2D eigenvalue weighted by atomic mass is 10.3. The molecule has 6 nitrogen and oxygen atoms in total. The minimum atomic E-state index is -4.67. The molecule has 20 heavy (non-hydrogen) atoms. The molecule has 1 aromatic heterocycles. The first kappa shape index (κ1) is 16.0. The molecular formula is C11H14F3N3O3. The van der Waals surface area contributed by atoms with Gasteiger partial charge in [0, 0.05) is 6.54 Å². The number of hydrogen-bond donors (Lipinski definition) is 1. The molecule has 1 rings (SSSR count). The van der Waals surface area contributed by atoms with Gasteiger partial charge in [-0.3, -0.25) is 14.3 Å². The van der Waals surface area contributed by atoms with Gasteiger partial charge in [-0.15, -0.1) is 0 Å². The average Bonchev–Trinajstić information content (AvgIpc) is 2.66. The summed E-state index contributed by atoms with van der Waals surface area (Å²) in [7, 11) is 0. The average molecular weight is 293 g/mol. The van der Waals surface area contributed by atoms with Crippen LogP contribution in [-0.2, 0) is 11.3 Å². The number of hydrogen-bond acceptors (Lipinski definition) is 3. The summed E-state index contributed by atoms with van der Waals surface area (Å²) in [5, 5.41) is 12.6. The zero-order valence-corrected chi connectivity index (χ0v) is 10.9. The molecule has 0 aliphatic rings. The van der Waals surface area contributed by atoms with E-state index in [-0.39, 0.29) is 10.6 Å². The van der Waals surface area contributed by atoms with E-state index in [1.807, 2.05) is 0 Å². The Bertz CT molecular complexity index is 511. The summed E-state index contributed by atoms with van der Waals surface area (Å²) in [6, 6.07) is 1.33. The molecule has 0 radical (unpaired) electrons. The lowest BCUT2D eigenvalue weighted by Gasteiger charge is -2.22. The Kier molecular flexibility index (Phi) is 4.74. The maximum atomic E-state index is 12.4. The predicted octanol–water partition coefficient (Wildman–Crippen LogP) is 1.30. The van der Waals surface area contributed by atoms with Gasteiger partial charge in [0.15, 0.2) is 0 Å². The van der Waals surface area contributed by atoms with E-state index < -0.39 is 31.1 Å². The molecule has 0 spiro atoms. The molecular weight excluding hydrogens is 279 g/mol. The first-order valence-electron chi connectivity index (χ1n) is 5.76. The van der Waals surface area contributed by atoms with E-state index in [2.05, 4.69) is 5.10 Å². The van der Waals surface area contributed by atoms with Crippen LogP contribution in [0.5, 0.6) is 0 Å². The van der Waals surface area contributed by atoms with Gasteiger partial charge in [0.2, 0.25) is 0 Å². The van der Waals surface area contributed by atoms with Gasteiger partial charge in [0.1, 0.15) is 18.8 Å². The lowest BCUT2D eigenvalue weighted by molar-refractivity contribution is -0.149. The quantitative estimate of drug-likeness (QED) is 0.888. The fourth-order valence-corrected chi connectivity index (χ4v) is 1.70. The van der Waals surface area contributed by atoms with Crippen molar-refractivity contribution in [2.45, 2.75) is 26.6 Å². The van der Waals surface area contributed by atoms with Crippen LogP contribution in [0.1, 0.15) is 23.1 Å². The number of carboxylic acids is 1. The molecule has 1 heterocycles. The third-order valence-electron chi connectivity index (χ3n) is 2.40. The van der Waals surface area contributed by atoms with Crippen molar-refractivity contribution in [3.63, 3.8) is 0 Å². The van der Waals surface area contributed by atoms with Gasteiger partial charge >= 0.3 is 12.1 Å². The largest absolute Gasteiger partial charge is 0.480 e. The molecule has 1 amide bonds. The second-order valence-corrected chi connectivity index (χ2v) is 4.16. The van der Waals surface area contributed by atoms with Crippen molar-refractivity contribution in [2.24, 2.45) is 0 Å². The van der Waals surface area contributed by atoms with Gasteiger partial charge in [0.25, 0.3) is 5.91 Å². The Morgan fingerprint density at radius 1 is 1.45 bits per heavy atom. The Morgan fingerprint density at radius 3 is 2.50 bits per heavy atom. The van der Waals surface area contributed by atoms with Crippen LogP contribution in [0.25, 0.3) is 0 Å². The monoisotopic (exact) mass is 293 g/mol. The molecule has 0 atom stereocenters. The van der Waals surface area contributed by atoms with Crippen LogP contribution >= 0.6 is 0 Å². The third-order valence-corrected chi connectivity index (χ3v) is 2.40. The van der Waals surface area contributed by atoms with Gasteiger partial charge < -0.3 is 10.0 Å². The number of aliphatic carboxylic acids is 1.